The van der Waals surface area contributed by atoms with Crippen molar-refractivity contribution in [3.8, 4) is 5.75 Å². The third-order valence-electron chi connectivity index (χ3n) is 3.91. The summed E-state index contributed by atoms with van der Waals surface area (Å²) in [7, 11) is -3.87. The number of benzene rings is 3. The zero-order chi connectivity index (χ0) is 19.6. The van der Waals surface area contributed by atoms with Gasteiger partial charge in [0.05, 0.1) is 15.9 Å². The zero-order valence-corrected chi connectivity index (χ0v) is 15.3. The Hall–Kier alpha value is -3.65. The highest BCUT2D eigenvalue weighted by Gasteiger charge is 2.18. The molecule has 1 heterocycles. The van der Waals surface area contributed by atoms with E-state index in [1.807, 2.05) is 6.07 Å². The third-order valence-corrected chi connectivity index (χ3v) is 5.26. The Balaban J connectivity index is 1.79. The standard InChI is InChI=1S/C20H15N4O3S/c25-15-8-6-7-14(13-15)21-19-20(23-18-12-5-4-11-17(18)22-19)24-28(26,27)16-9-2-1-3-10-16/h2-13,25H,(H,21,22)(H,23,24). The van der Waals surface area contributed by atoms with Crippen molar-refractivity contribution in [2.24, 2.45) is 0 Å². The Morgan fingerprint density at radius 2 is 1.54 bits per heavy atom. The van der Waals surface area contributed by atoms with E-state index in [0.29, 0.717) is 16.7 Å². The van der Waals surface area contributed by atoms with Gasteiger partial charge in [0, 0.05) is 11.8 Å². The Bertz CT molecular complexity index is 1240. The maximum Gasteiger partial charge on any atom is 0.263 e. The Morgan fingerprint density at radius 1 is 0.857 bits per heavy atom. The molecular weight excluding hydrogens is 376 g/mol. The molecule has 0 unspecified atom stereocenters. The molecule has 3 N–H and O–H groups in total. The summed E-state index contributed by atoms with van der Waals surface area (Å²) in [5, 5.41) is 12.7. The lowest BCUT2D eigenvalue weighted by Gasteiger charge is -2.14. The molecule has 0 aliphatic heterocycles. The van der Waals surface area contributed by atoms with E-state index in [-0.39, 0.29) is 22.3 Å². The molecule has 0 aliphatic carbocycles. The minimum Gasteiger partial charge on any atom is -0.508 e. The molecule has 0 saturated carbocycles. The van der Waals surface area contributed by atoms with Gasteiger partial charge in [-0.2, -0.15) is 0 Å². The van der Waals surface area contributed by atoms with Crippen LogP contribution in [0.1, 0.15) is 0 Å². The molecule has 3 aromatic carbocycles. The smallest absolute Gasteiger partial charge is 0.263 e. The van der Waals surface area contributed by atoms with Gasteiger partial charge in [0.2, 0.25) is 0 Å². The molecule has 0 aliphatic rings. The molecule has 28 heavy (non-hydrogen) atoms. The summed E-state index contributed by atoms with van der Waals surface area (Å²) in [4.78, 5) is 9.00. The third kappa shape index (κ3) is 3.72. The second-order valence-corrected chi connectivity index (χ2v) is 7.61. The quantitative estimate of drug-likeness (QED) is 0.479. The number of aromatic hydroxyl groups is 1. The van der Waals surface area contributed by atoms with Crippen LogP contribution < -0.4 is 10.0 Å². The van der Waals surface area contributed by atoms with Gasteiger partial charge in [-0.25, -0.2) is 18.4 Å². The molecule has 0 atom stereocenters. The first-order valence-electron chi connectivity index (χ1n) is 8.33. The van der Waals surface area contributed by atoms with Crippen molar-refractivity contribution in [2.75, 3.05) is 10.0 Å². The van der Waals surface area contributed by atoms with Crippen molar-refractivity contribution in [3.63, 3.8) is 0 Å². The van der Waals surface area contributed by atoms with E-state index in [2.05, 4.69) is 26.1 Å². The van der Waals surface area contributed by atoms with Crippen molar-refractivity contribution < 1.29 is 13.5 Å². The van der Waals surface area contributed by atoms with Crippen LogP contribution in [0.5, 0.6) is 5.75 Å². The number of anilines is 3. The zero-order valence-electron chi connectivity index (χ0n) is 14.5. The normalized spacial score (nSPS) is 11.3. The van der Waals surface area contributed by atoms with Crippen molar-refractivity contribution in [3.05, 3.63) is 78.9 Å². The number of fused-ring (bicyclic) bond motifs is 1. The Labute approximate surface area is 161 Å². The molecule has 7 nitrogen and oxygen atoms in total. The number of hydrogen-bond acceptors (Lipinski definition) is 6. The number of phenols is 1. The maximum atomic E-state index is 12.7. The molecule has 1 aromatic heterocycles. The number of nitrogens with one attached hydrogen (secondary N) is 2. The summed E-state index contributed by atoms with van der Waals surface area (Å²) in [5.41, 5.74) is 1.69. The topological polar surface area (TPSA) is 104 Å². The van der Waals surface area contributed by atoms with E-state index >= 15 is 0 Å². The SMILES string of the molecule is O=S(=O)(Nc1nc2ccccc2nc1Nc1cccc(O)c1)c1cc[c]cc1. The van der Waals surface area contributed by atoms with Gasteiger partial charge >= 0.3 is 0 Å². The van der Waals surface area contributed by atoms with Crippen LogP contribution in [0.15, 0.2) is 77.7 Å². The van der Waals surface area contributed by atoms with E-state index in [1.165, 1.54) is 36.4 Å². The van der Waals surface area contributed by atoms with Gasteiger partial charge in [0.15, 0.2) is 11.6 Å². The summed E-state index contributed by atoms with van der Waals surface area (Å²) >= 11 is 0. The van der Waals surface area contributed by atoms with E-state index in [4.69, 9.17) is 0 Å². The van der Waals surface area contributed by atoms with Crippen molar-refractivity contribution in [1.82, 2.24) is 9.97 Å². The first kappa shape index (κ1) is 17.7. The van der Waals surface area contributed by atoms with Crippen LogP contribution in [0.3, 0.4) is 0 Å². The number of rotatable bonds is 5. The second-order valence-electron chi connectivity index (χ2n) is 5.93. The van der Waals surface area contributed by atoms with Crippen LogP contribution in [0.2, 0.25) is 0 Å². The van der Waals surface area contributed by atoms with Gasteiger partial charge in [0.25, 0.3) is 10.0 Å². The molecule has 8 heteroatoms. The van der Waals surface area contributed by atoms with Crippen molar-refractivity contribution in [1.29, 1.82) is 0 Å². The average molecular weight is 391 g/mol. The van der Waals surface area contributed by atoms with Gasteiger partial charge < -0.3 is 10.4 Å². The van der Waals surface area contributed by atoms with Crippen LogP contribution in [-0.4, -0.2) is 23.5 Å². The van der Waals surface area contributed by atoms with Gasteiger partial charge in [-0.1, -0.05) is 30.3 Å². The number of para-hydroxylation sites is 2. The van der Waals surface area contributed by atoms with E-state index in [1.54, 1.807) is 30.3 Å². The molecule has 0 bridgehead atoms. The first-order chi connectivity index (χ1) is 13.5. The fraction of sp³-hybridized carbons (Fsp3) is 0. The maximum absolute atomic E-state index is 12.7. The fourth-order valence-electron chi connectivity index (χ4n) is 2.62. The number of nitrogens with zero attached hydrogens (tertiary/aromatic N) is 2. The summed E-state index contributed by atoms with van der Waals surface area (Å²) in [6, 6.07) is 22.3. The lowest BCUT2D eigenvalue weighted by Crippen LogP contribution is -2.16. The highest BCUT2D eigenvalue weighted by Crippen LogP contribution is 2.28. The van der Waals surface area contributed by atoms with Gasteiger partial charge in [-0.05, 0) is 42.5 Å². The molecule has 0 saturated heterocycles. The van der Waals surface area contributed by atoms with Crippen LogP contribution in [0.25, 0.3) is 11.0 Å². The molecule has 0 spiro atoms. The minimum atomic E-state index is -3.87. The summed E-state index contributed by atoms with van der Waals surface area (Å²) in [5.74, 6) is 0.339. The van der Waals surface area contributed by atoms with Gasteiger partial charge in [0.1, 0.15) is 5.75 Å². The molecule has 0 fully saturated rings. The summed E-state index contributed by atoms with van der Waals surface area (Å²) < 4.78 is 28.0. The van der Waals surface area contributed by atoms with Crippen molar-refractivity contribution >= 4 is 38.4 Å². The lowest BCUT2D eigenvalue weighted by atomic mass is 10.3. The van der Waals surface area contributed by atoms with Gasteiger partial charge in [-0.3, -0.25) is 4.72 Å². The van der Waals surface area contributed by atoms with Gasteiger partial charge in [-0.15, -0.1) is 0 Å². The summed E-state index contributed by atoms with van der Waals surface area (Å²) in [6.07, 6.45) is 0. The van der Waals surface area contributed by atoms with Crippen LogP contribution in [-0.2, 0) is 10.0 Å². The molecule has 4 rings (SSSR count). The lowest BCUT2D eigenvalue weighted by molar-refractivity contribution is 0.475. The van der Waals surface area contributed by atoms with E-state index in [0.717, 1.165) is 0 Å². The number of sulfonamides is 1. The fourth-order valence-corrected chi connectivity index (χ4v) is 3.62. The highest BCUT2D eigenvalue weighted by molar-refractivity contribution is 7.92. The van der Waals surface area contributed by atoms with E-state index in [9.17, 15) is 13.5 Å². The molecule has 139 valence electrons. The average Bonchev–Trinajstić information content (AvgIpc) is 2.69. The van der Waals surface area contributed by atoms with Crippen LogP contribution in [0, 0.1) is 6.07 Å². The van der Waals surface area contributed by atoms with Crippen LogP contribution >= 0.6 is 0 Å². The number of phenolic OH excluding ortho intramolecular Hbond substituents is 1. The predicted molar refractivity (Wildman–Crippen MR) is 107 cm³/mol. The molecule has 1 radical (unpaired) electrons. The van der Waals surface area contributed by atoms with Crippen molar-refractivity contribution in [2.45, 2.75) is 4.90 Å². The Morgan fingerprint density at radius 3 is 2.21 bits per heavy atom. The largest absolute Gasteiger partial charge is 0.508 e. The predicted octanol–water partition coefficient (Wildman–Crippen LogP) is 3.68. The number of hydrogen-bond donors (Lipinski definition) is 3. The molecule has 4 aromatic rings. The number of aromatic nitrogens is 2. The molecule has 0 amide bonds. The monoisotopic (exact) mass is 391 g/mol. The second kappa shape index (κ2) is 7.16. The first-order valence-corrected chi connectivity index (χ1v) is 9.81. The highest BCUT2D eigenvalue weighted by atomic mass is 32.2. The summed E-state index contributed by atoms with van der Waals surface area (Å²) in [6.45, 7) is 0. The Kier molecular flexibility index (Phi) is 4.54. The molecular formula is C20H15N4O3S. The van der Waals surface area contributed by atoms with E-state index < -0.39 is 10.0 Å². The minimum absolute atomic E-state index is 0.0508. The van der Waals surface area contributed by atoms with Crippen LogP contribution in [0.4, 0.5) is 17.3 Å².